The molecule has 0 unspecified atom stereocenters. The highest BCUT2D eigenvalue weighted by Crippen LogP contribution is 2.34. The van der Waals surface area contributed by atoms with Crippen molar-refractivity contribution in [2.75, 3.05) is 18.0 Å². The van der Waals surface area contributed by atoms with E-state index in [0.717, 1.165) is 29.9 Å². The Labute approximate surface area is 136 Å². The van der Waals surface area contributed by atoms with Crippen molar-refractivity contribution in [3.8, 4) is 11.1 Å². The first-order valence-electron chi connectivity index (χ1n) is 8.47. The van der Waals surface area contributed by atoms with Crippen LogP contribution in [0.5, 0.6) is 0 Å². The van der Waals surface area contributed by atoms with Crippen LogP contribution in [-0.4, -0.2) is 28.0 Å². The molecule has 23 heavy (non-hydrogen) atoms. The molecule has 4 rings (SSSR count). The third-order valence-corrected chi connectivity index (χ3v) is 4.68. The van der Waals surface area contributed by atoms with Gasteiger partial charge in [-0.15, -0.1) is 0 Å². The van der Waals surface area contributed by atoms with E-state index in [1.165, 1.54) is 42.4 Å². The summed E-state index contributed by atoms with van der Waals surface area (Å²) in [6.45, 7) is 4.31. The van der Waals surface area contributed by atoms with Crippen molar-refractivity contribution in [3.63, 3.8) is 0 Å². The lowest BCUT2D eigenvalue weighted by Crippen LogP contribution is -2.25. The van der Waals surface area contributed by atoms with E-state index >= 15 is 0 Å². The number of nitrogens with zero attached hydrogens (tertiary/aromatic N) is 3. The highest BCUT2D eigenvalue weighted by molar-refractivity contribution is 6.01. The van der Waals surface area contributed by atoms with Gasteiger partial charge in [0.15, 0.2) is 0 Å². The van der Waals surface area contributed by atoms with E-state index in [4.69, 9.17) is 0 Å². The Morgan fingerprint density at radius 2 is 1.87 bits per heavy atom. The highest BCUT2D eigenvalue weighted by Gasteiger charge is 2.18. The number of aromatic amines is 1. The van der Waals surface area contributed by atoms with Crippen LogP contribution in [0.25, 0.3) is 22.2 Å². The van der Waals surface area contributed by atoms with Gasteiger partial charge in [0.05, 0.1) is 5.39 Å². The molecule has 0 bridgehead atoms. The smallest absolute Gasteiger partial charge is 0.143 e. The number of anilines is 1. The van der Waals surface area contributed by atoms with Gasteiger partial charge in [0.25, 0.3) is 0 Å². The van der Waals surface area contributed by atoms with Crippen LogP contribution in [0.15, 0.2) is 36.8 Å². The maximum absolute atomic E-state index is 4.65. The molecule has 1 aliphatic heterocycles. The maximum atomic E-state index is 4.65. The first-order valence-corrected chi connectivity index (χ1v) is 8.47. The van der Waals surface area contributed by atoms with E-state index in [1.807, 2.05) is 0 Å². The number of hydrogen-bond acceptors (Lipinski definition) is 3. The van der Waals surface area contributed by atoms with Crippen molar-refractivity contribution in [3.05, 3.63) is 42.4 Å². The number of fused-ring (bicyclic) bond motifs is 1. The molecule has 2 aromatic heterocycles. The minimum absolute atomic E-state index is 0.927. The molecule has 1 aromatic carbocycles. The van der Waals surface area contributed by atoms with Crippen LogP contribution >= 0.6 is 0 Å². The molecule has 0 aliphatic carbocycles. The summed E-state index contributed by atoms with van der Waals surface area (Å²) < 4.78 is 0. The van der Waals surface area contributed by atoms with Gasteiger partial charge >= 0.3 is 0 Å². The van der Waals surface area contributed by atoms with E-state index in [2.05, 4.69) is 57.2 Å². The van der Waals surface area contributed by atoms with E-state index < -0.39 is 0 Å². The fraction of sp³-hybridized carbons (Fsp3) is 0.368. The number of nitrogens with one attached hydrogen (secondary N) is 1. The van der Waals surface area contributed by atoms with Crippen molar-refractivity contribution >= 4 is 16.9 Å². The minimum Gasteiger partial charge on any atom is -0.356 e. The highest BCUT2D eigenvalue weighted by atomic mass is 15.2. The van der Waals surface area contributed by atoms with Gasteiger partial charge < -0.3 is 9.88 Å². The Morgan fingerprint density at radius 1 is 1.04 bits per heavy atom. The lowest BCUT2D eigenvalue weighted by atomic mass is 10.0. The largest absolute Gasteiger partial charge is 0.356 e. The van der Waals surface area contributed by atoms with Crippen molar-refractivity contribution in [2.45, 2.75) is 32.6 Å². The fourth-order valence-electron chi connectivity index (χ4n) is 3.51. The van der Waals surface area contributed by atoms with Crippen LogP contribution < -0.4 is 4.90 Å². The summed E-state index contributed by atoms with van der Waals surface area (Å²) in [6, 6.07) is 8.63. The SMILES string of the molecule is Cc1cccc(-c2c[nH]c3ncnc(N4CCCCCC4)c23)c1. The molecule has 0 amide bonds. The lowest BCUT2D eigenvalue weighted by Gasteiger charge is -2.22. The Balaban J connectivity index is 1.86. The van der Waals surface area contributed by atoms with Crippen LogP contribution in [-0.2, 0) is 0 Å². The number of aryl methyl sites for hydroxylation is 1. The Bertz CT molecular complexity index is 813. The maximum Gasteiger partial charge on any atom is 0.143 e. The second-order valence-corrected chi connectivity index (χ2v) is 6.39. The molecule has 3 aromatic rings. The summed E-state index contributed by atoms with van der Waals surface area (Å²) in [7, 11) is 0. The first kappa shape index (κ1) is 14.2. The molecule has 0 spiro atoms. The van der Waals surface area contributed by atoms with Gasteiger partial charge in [-0.05, 0) is 25.3 Å². The van der Waals surface area contributed by atoms with Gasteiger partial charge in [0, 0.05) is 24.8 Å². The number of aromatic nitrogens is 3. The van der Waals surface area contributed by atoms with Crippen LogP contribution in [0, 0.1) is 6.92 Å². The second-order valence-electron chi connectivity index (χ2n) is 6.39. The van der Waals surface area contributed by atoms with Gasteiger partial charge in [-0.2, -0.15) is 0 Å². The third-order valence-electron chi connectivity index (χ3n) is 4.68. The molecule has 4 heteroatoms. The topological polar surface area (TPSA) is 44.8 Å². The van der Waals surface area contributed by atoms with Crippen molar-refractivity contribution in [1.82, 2.24) is 15.0 Å². The number of benzene rings is 1. The molecule has 118 valence electrons. The lowest BCUT2D eigenvalue weighted by molar-refractivity contribution is 0.726. The zero-order chi connectivity index (χ0) is 15.6. The average Bonchev–Trinajstić information content (AvgIpc) is 2.82. The average molecular weight is 306 g/mol. The van der Waals surface area contributed by atoms with Crippen molar-refractivity contribution in [2.24, 2.45) is 0 Å². The minimum atomic E-state index is 0.927. The molecule has 0 radical (unpaired) electrons. The predicted molar refractivity (Wildman–Crippen MR) is 94.7 cm³/mol. The molecule has 1 saturated heterocycles. The Morgan fingerprint density at radius 3 is 2.65 bits per heavy atom. The van der Waals surface area contributed by atoms with Crippen LogP contribution in [0.4, 0.5) is 5.82 Å². The second kappa shape index (κ2) is 6.03. The molecule has 1 N–H and O–H groups in total. The van der Waals surface area contributed by atoms with E-state index in [1.54, 1.807) is 6.33 Å². The van der Waals surface area contributed by atoms with Gasteiger partial charge in [0.2, 0.25) is 0 Å². The quantitative estimate of drug-likeness (QED) is 0.767. The van der Waals surface area contributed by atoms with Gasteiger partial charge in [-0.1, -0.05) is 42.7 Å². The Kier molecular flexibility index (Phi) is 3.74. The molecule has 0 saturated carbocycles. The zero-order valence-electron chi connectivity index (χ0n) is 13.5. The number of H-pyrrole nitrogens is 1. The van der Waals surface area contributed by atoms with Gasteiger partial charge in [-0.25, -0.2) is 9.97 Å². The summed E-state index contributed by atoms with van der Waals surface area (Å²) >= 11 is 0. The van der Waals surface area contributed by atoms with Crippen LogP contribution in [0.2, 0.25) is 0 Å². The number of hydrogen-bond donors (Lipinski definition) is 1. The summed E-state index contributed by atoms with van der Waals surface area (Å²) in [5, 5.41) is 1.15. The van der Waals surface area contributed by atoms with Gasteiger partial charge in [0.1, 0.15) is 17.8 Å². The summed E-state index contributed by atoms with van der Waals surface area (Å²) in [4.78, 5) is 14.8. The third kappa shape index (κ3) is 2.69. The first-order chi connectivity index (χ1) is 11.3. The molecule has 4 nitrogen and oxygen atoms in total. The monoisotopic (exact) mass is 306 g/mol. The van der Waals surface area contributed by atoms with E-state index in [-0.39, 0.29) is 0 Å². The van der Waals surface area contributed by atoms with Gasteiger partial charge in [-0.3, -0.25) is 0 Å². The van der Waals surface area contributed by atoms with E-state index in [0.29, 0.717) is 0 Å². The summed E-state index contributed by atoms with van der Waals surface area (Å²) in [6.07, 6.45) is 8.88. The zero-order valence-corrected chi connectivity index (χ0v) is 13.5. The van der Waals surface area contributed by atoms with Crippen LogP contribution in [0.1, 0.15) is 31.2 Å². The molecule has 1 aliphatic rings. The van der Waals surface area contributed by atoms with E-state index in [9.17, 15) is 0 Å². The summed E-state index contributed by atoms with van der Waals surface area (Å²) in [5.74, 6) is 1.08. The molecule has 0 atom stereocenters. The molecular formula is C19H22N4. The summed E-state index contributed by atoms with van der Waals surface area (Å²) in [5.41, 5.74) is 4.62. The Hall–Kier alpha value is -2.36. The predicted octanol–water partition coefficient (Wildman–Crippen LogP) is 4.31. The molecule has 3 heterocycles. The van der Waals surface area contributed by atoms with Crippen LogP contribution in [0.3, 0.4) is 0 Å². The molecule has 1 fully saturated rings. The normalized spacial score (nSPS) is 15.8. The standard InChI is InChI=1S/C19H22N4/c1-14-7-6-8-15(11-14)16-12-20-18-17(16)19(22-13-21-18)23-9-4-2-3-5-10-23/h6-8,11-13H,2-5,9-10H2,1H3,(H,20,21,22). The molecular weight excluding hydrogens is 284 g/mol. The number of rotatable bonds is 2. The van der Waals surface area contributed by atoms with Crippen molar-refractivity contribution < 1.29 is 0 Å². The fourth-order valence-corrected chi connectivity index (χ4v) is 3.51. The van der Waals surface area contributed by atoms with Crippen molar-refractivity contribution in [1.29, 1.82) is 0 Å².